The minimum Gasteiger partial charge on any atom is -0.236 e. The van der Waals surface area contributed by atoms with Crippen LogP contribution < -0.4 is 23.2 Å². The first kappa shape index (κ1) is 15.1. The highest BCUT2D eigenvalue weighted by atomic mass is 35.7. The highest BCUT2D eigenvalue weighted by molar-refractivity contribution is 5.12. The molecule has 0 unspecified atom stereocenters. The Morgan fingerprint density at radius 2 is 1.94 bits per heavy atom. The molecule has 0 spiro atoms. The topological polar surface area (TPSA) is 101 Å². The average Bonchev–Trinajstić information content (AvgIpc) is 2.59. The van der Waals surface area contributed by atoms with Crippen LogP contribution in [0.5, 0.6) is 0 Å². The van der Waals surface area contributed by atoms with Crippen molar-refractivity contribution in [3.8, 4) is 0 Å². The molecule has 0 amide bonds. The quantitative estimate of drug-likeness (QED) is 0.529. The van der Waals surface area contributed by atoms with E-state index in [1.54, 1.807) is 6.20 Å². The molecule has 0 bridgehead atoms. The average molecular weight is 251 g/mol. The summed E-state index contributed by atoms with van der Waals surface area (Å²) >= 11 is 0. The van der Waals surface area contributed by atoms with Crippen molar-refractivity contribution < 1.29 is 33.4 Å². The predicted molar refractivity (Wildman–Crippen MR) is 45.9 cm³/mol. The maximum atomic E-state index is 8.49. The summed E-state index contributed by atoms with van der Waals surface area (Å²) in [5.41, 5.74) is 0. The van der Waals surface area contributed by atoms with E-state index in [-0.39, 0.29) is 0 Å². The molecule has 1 aromatic heterocycles. The summed E-state index contributed by atoms with van der Waals surface area (Å²) in [5.74, 6) is 0. The molecule has 0 aromatic carbocycles. The first-order valence-corrected chi connectivity index (χ1v) is 5.91. The molecular weight excluding hydrogens is 236 g/mol. The summed E-state index contributed by atoms with van der Waals surface area (Å²) in [7, 11) is -4.94. The van der Waals surface area contributed by atoms with Crippen molar-refractivity contribution in [2.75, 3.05) is 0 Å². The van der Waals surface area contributed by atoms with Crippen LogP contribution >= 0.6 is 0 Å². The summed E-state index contributed by atoms with van der Waals surface area (Å²) in [6, 6.07) is 0. The standard InChI is InChI=1S/C9H15N2.ClHO4/c1-3-5-6-11-8-7-10(4-2)9-11;2-1(3,4)5/h4,7-9H,2-3,5-6H2,1H3;(H,2,3,4,5)/q+1;/p-1. The lowest BCUT2D eigenvalue weighted by atomic mass is 10.3. The minimum atomic E-state index is -4.94. The van der Waals surface area contributed by atoms with Crippen LogP contribution in [0.15, 0.2) is 25.3 Å². The van der Waals surface area contributed by atoms with E-state index in [4.69, 9.17) is 18.6 Å². The van der Waals surface area contributed by atoms with E-state index in [0.29, 0.717) is 0 Å². The number of hydrogen-bond donors (Lipinski definition) is 0. The molecule has 92 valence electrons. The maximum Gasteiger partial charge on any atom is 0.248 e. The predicted octanol–water partition coefficient (Wildman–Crippen LogP) is -3.08. The fraction of sp³-hybridized carbons (Fsp3) is 0.444. The van der Waals surface area contributed by atoms with E-state index in [1.165, 1.54) is 12.8 Å². The highest BCUT2D eigenvalue weighted by Crippen LogP contribution is 1.88. The number of imidazole rings is 1. The molecule has 0 aliphatic carbocycles. The largest absolute Gasteiger partial charge is 0.248 e. The van der Waals surface area contributed by atoms with Crippen molar-refractivity contribution in [2.24, 2.45) is 0 Å². The second kappa shape index (κ2) is 7.37. The van der Waals surface area contributed by atoms with Crippen LogP contribution in [0.25, 0.3) is 6.20 Å². The highest BCUT2D eigenvalue weighted by Gasteiger charge is 1.97. The Morgan fingerprint density at radius 1 is 1.38 bits per heavy atom. The molecule has 7 heteroatoms. The SMILES string of the molecule is C=Cn1cc[n+](CCCC)c1.[O-][Cl+3]([O-])([O-])[O-]. The number of aromatic nitrogens is 2. The van der Waals surface area contributed by atoms with Crippen LogP contribution in [-0.4, -0.2) is 4.57 Å². The van der Waals surface area contributed by atoms with Crippen molar-refractivity contribution in [1.82, 2.24) is 4.57 Å². The summed E-state index contributed by atoms with van der Waals surface area (Å²) in [5, 5.41) is 0. The molecule has 0 aliphatic heterocycles. The lowest BCUT2D eigenvalue weighted by molar-refractivity contribution is -2.00. The summed E-state index contributed by atoms with van der Waals surface area (Å²) in [6.07, 6.45) is 10.4. The first-order chi connectivity index (χ1) is 7.36. The van der Waals surface area contributed by atoms with Gasteiger partial charge in [-0.05, 0) is 6.42 Å². The zero-order valence-electron chi connectivity index (χ0n) is 9.04. The van der Waals surface area contributed by atoms with Gasteiger partial charge in [-0.25, -0.2) is 27.8 Å². The van der Waals surface area contributed by atoms with Crippen molar-refractivity contribution in [3.63, 3.8) is 0 Å². The fourth-order valence-electron chi connectivity index (χ4n) is 0.992. The number of nitrogens with zero attached hydrogens (tertiary/aromatic N) is 2. The Balaban J connectivity index is 0.000000385. The van der Waals surface area contributed by atoms with Gasteiger partial charge in [-0.15, -0.1) is 10.2 Å². The van der Waals surface area contributed by atoms with Crippen LogP contribution in [0.2, 0.25) is 0 Å². The fourth-order valence-corrected chi connectivity index (χ4v) is 0.992. The van der Waals surface area contributed by atoms with Crippen LogP contribution in [0.3, 0.4) is 0 Å². The van der Waals surface area contributed by atoms with E-state index >= 15 is 0 Å². The van der Waals surface area contributed by atoms with Crippen molar-refractivity contribution in [3.05, 3.63) is 25.3 Å². The van der Waals surface area contributed by atoms with Crippen LogP contribution in [0.4, 0.5) is 0 Å². The van der Waals surface area contributed by atoms with Gasteiger partial charge in [0.2, 0.25) is 6.33 Å². The minimum absolute atomic E-state index is 1.11. The third-order valence-corrected chi connectivity index (χ3v) is 1.69. The smallest absolute Gasteiger partial charge is 0.236 e. The third kappa shape index (κ3) is 9.63. The third-order valence-electron chi connectivity index (χ3n) is 1.69. The number of rotatable bonds is 4. The lowest BCUT2D eigenvalue weighted by Gasteiger charge is -2.17. The van der Waals surface area contributed by atoms with Gasteiger partial charge in [0.05, 0.1) is 12.7 Å². The van der Waals surface area contributed by atoms with Crippen molar-refractivity contribution >= 4 is 6.20 Å². The van der Waals surface area contributed by atoms with Gasteiger partial charge in [-0.3, -0.25) is 0 Å². The van der Waals surface area contributed by atoms with Gasteiger partial charge in [0.25, 0.3) is 0 Å². The van der Waals surface area contributed by atoms with Crippen LogP contribution in [0.1, 0.15) is 19.8 Å². The Hall–Kier alpha value is -0.920. The Bertz CT molecular complexity index is 303. The van der Waals surface area contributed by atoms with Crippen molar-refractivity contribution in [1.29, 1.82) is 0 Å². The van der Waals surface area contributed by atoms with E-state index in [9.17, 15) is 0 Å². The molecule has 0 saturated carbocycles. The van der Waals surface area contributed by atoms with E-state index in [2.05, 4.69) is 24.3 Å². The second-order valence-corrected chi connectivity index (χ2v) is 3.77. The number of hydrogen-bond acceptors (Lipinski definition) is 4. The molecule has 0 saturated heterocycles. The maximum absolute atomic E-state index is 8.49. The zero-order valence-corrected chi connectivity index (χ0v) is 9.80. The van der Waals surface area contributed by atoms with Gasteiger partial charge in [0.1, 0.15) is 12.4 Å². The van der Waals surface area contributed by atoms with Crippen LogP contribution in [-0.2, 0) is 6.54 Å². The van der Waals surface area contributed by atoms with Gasteiger partial charge >= 0.3 is 0 Å². The zero-order chi connectivity index (χ0) is 12.6. The summed E-state index contributed by atoms with van der Waals surface area (Å²) < 4.78 is 38.1. The Morgan fingerprint density at radius 3 is 2.31 bits per heavy atom. The molecule has 0 radical (unpaired) electrons. The molecular formula is C9H15ClN2O4. The molecule has 1 aromatic rings. The van der Waals surface area contributed by atoms with Gasteiger partial charge < -0.3 is 0 Å². The lowest BCUT2D eigenvalue weighted by Crippen LogP contribution is -2.68. The molecule has 0 fully saturated rings. The van der Waals surface area contributed by atoms with E-state index in [1.807, 2.05) is 17.1 Å². The molecule has 0 atom stereocenters. The molecule has 16 heavy (non-hydrogen) atoms. The van der Waals surface area contributed by atoms with E-state index < -0.39 is 10.2 Å². The van der Waals surface area contributed by atoms with E-state index in [0.717, 1.165) is 6.54 Å². The number of halogens is 1. The van der Waals surface area contributed by atoms with Gasteiger partial charge in [-0.2, -0.15) is 0 Å². The Labute approximate surface area is 96.4 Å². The number of aryl methyl sites for hydroxylation is 1. The van der Waals surface area contributed by atoms with Gasteiger partial charge in [0.15, 0.2) is 0 Å². The summed E-state index contributed by atoms with van der Waals surface area (Å²) in [4.78, 5) is 0. The molecule has 1 heterocycles. The first-order valence-electron chi connectivity index (χ1n) is 4.67. The summed E-state index contributed by atoms with van der Waals surface area (Å²) in [6.45, 7) is 6.98. The van der Waals surface area contributed by atoms with Crippen molar-refractivity contribution in [2.45, 2.75) is 26.3 Å². The molecule has 1 rings (SSSR count). The van der Waals surface area contributed by atoms with Gasteiger partial charge in [-0.1, -0.05) is 19.9 Å². The van der Waals surface area contributed by atoms with Gasteiger partial charge in [0, 0.05) is 0 Å². The second-order valence-electron chi connectivity index (χ2n) is 3.01. The normalized spacial score (nSPS) is 10.6. The number of unbranched alkanes of at least 4 members (excludes halogenated alkanes) is 1. The molecule has 6 nitrogen and oxygen atoms in total. The Kier molecular flexibility index (Phi) is 6.95. The molecule has 0 aliphatic rings. The monoisotopic (exact) mass is 250 g/mol. The van der Waals surface area contributed by atoms with Crippen LogP contribution in [0, 0.1) is 10.2 Å². The molecule has 0 N–H and O–H groups in total.